The number of hydrogen-bond acceptors (Lipinski definition) is 6. The monoisotopic (exact) mass is 501 g/mol. The van der Waals surface area contributed by atoms with Gasteiger partial charge in [0, 0.05) is 19.5 Å². The highest BCUT2D eigenvalue weighted by Crippen LogP contribution is 2.73. The maximum atomic E-state index is 13.3. The van der Waals surface area contributed by atoms with Crippen molar-refractivity contribution in [3.05, 3.63) is 23.3 Å². The van der Waals surface area contributed by atoms with Crippen molar-refractivity contribution in [3.63, 3.8) is 0 Å². The first-order chi connectivity index (χ1) is 16.7. The molecule has 1 amide bonds. The van der Waals surface area contributed by atoms with Gasteiger partial charge in [-0.05, 0) is 80.3 Å². The normalized spacial score (nSPS) is 47.8. The van der Waals surface area contributed by atoms with Gasteiger partial charge in [-0.1, -0.05) is 32.9 Å². The molecule has 36 heavy (non-hydrogen) atoms. The molecule has 2 N–H and O–H groups in total. The van der Waals surface area contributed by atoms with Gasteiger partial charge in [-0.15, -0.1) is 0 Å². The molecule has 4 fully saturated rings. The lowest BCUT2D eigenvalue weighted by Crippen LogP contribution is -2.69. The minimum atomic E-state index is -1.66. The van der Waals surface area contributed by atoms with Crippen LogP contribution in [0.25, 0.3) is 0 Å². The first kappa shape index (κ1) is 24.9. The maximum Gasteiger partial charge on any atom is 0.410 e. The Kier molecular flexibility index (Phi) is 5.25. The van der Waals surface area contributed by atoms with Crippen LogP contribution in [0.1, 0.15) is 60.8 Å². The molecule has 1 aliphatic heterocycles. The summed E-state index contributed by atoms with van der Waals surface area (Å²) in [5, 5.41) is 25.3. The Bertz CT molecular complexity index is 1030. The summed E-state index contributed by atoms with van der Waals surface area (Å²) in [6.45, 7) is 13.3. The van der Waals surface area contributed by atoms with Crippen LogP contribution in [-0.2, 0) is 14.2 Å². The molecule has 0 aromatic carbocycles. The lowest BCUT2D eigenvalue weighted by molar-refractivity contribution is -0.312. The molecule has 6 aliphatic rings. The Hall–Kier alpha value is -1.41. The third kappa shape index (κ3) is 3.21. The second-order valence-electron chi connectivity index (χ2n) is 13.8. The largest absolute Gasteiger partial charge is 0.438 e. The number of amides is 1. The van der Waals surface area contributed by atoms with Crippen molar-refractivity contribution >= 4 is 6.09 Å². The number of nitrogens with zero attached hydrogens (tertiary/aromatic N) is 1. The fourth-order valence-electron chi connectivity index (χ4n) is 8.56. The van der Waals surface area contributed by atoms with E-state index in [0.29, 0.717) is 30.9 Å². The summed E-state index contributed by atoms with van der Waals surface area (Å²) in [4.78, 5) is 14.9. The third-order valence-electron chi connectivity index (χ3n) is 10.7. The summed E-state index contributed by atoms with van der Waals surface area (Å²) in [6.07, 6.45) is 4.38. The average Bonchev–Trinajstić information content (AvgIpc) is 3.69. The molecule has 3 saturated carbocycles. The summed E-state index contributed by atoms with van der Waals surface area (Å²) in [5.74, 6) is 0.221. The van der Waals surface area contributed by atoms with Gasteiger partial charge in [0.1, 0.15) is 11.7 Å². The van der Waals surface area contributed by atoms with Crippen LogP contribution in [0.5, 0.6) is 0 Å². The topological polar surface area (TPSA) is 88.5 Å². The Balaban J connectivity index is 1.47. The van der Waals surface area contributed by atoms with Crippen LogP contribution in [0.2, 0.25) is 0 Å². The van der Waals surface area contributed by atoms with E-state index in [1.807, 2.05) is 26.8 Å². The van der Waals surface area contributed by atoms with Gasteiger partial charge in [0.2, 0.25) is 0 Å². The molecule has 1 spiro atoms. The maximum absolute atomic E-state index is 13.3. The first-order valence-corrected chi connectivity index (χ1v) is 13.8. The van der Waals surface area contributed by atoms with Crippen molar-refractivity contribution in [3.8, 4) is 0 Å². The molecule has 200 valence electrons. The van der Waals surface area contributed by atoms with Crippen LogP contribution in [0.15, 0.2) is 23.3 Å². The Morgan fingerprint density at radius 3 is 2.61 bits per heavy atom. The van der Waals surface area contributed by atoms with Crippen LogP contribution in [0.4, 0.5) is 4.79 Å². The molecular formula is C29H43NO6. The number of carbonyl (C=O) groups excluding carboxylic acids is 1. The van der Waals surface area contributed by atoms with Crippen LogP contribution < -0.4 is 0 Å². The van der Waals surface area contributed by atoms with Gasteiger partial charge >= 0.3 is 6.09 Å². The molecule has 0 aromatic heterocycles. The average molecular weight is 502 g/mol. The van der Waals surface area contributed by atoms with Gasteiger partial charge in [-0.3, -0.25) is 0 Å². The van der Waals surface area contributed by atoms with Crippen molar-refractivity contribution in [2.75, 3.05) is 20.2 Å². The zero-order valence-corrected chi connectivity index (χ0v) is 22.8. The molecule has 7 nitrogen and oxygen atoms in total. The van der Waals surface area contributed by atoms with Crippen LogP contribution in [-0.4, -0.2) is 71.1 Å². The first-order valence-electron chi connectivity index (χ1n) is 13.8. The minimum absolute atomic E-state index is 0.0399. The molecule has 2 bridgehead atoms. The van der Waals surface area contributed by atoms with E-state index in [2.05, 4.69) is 26.8 Å². The van der Waals surface area contributed by atoms with Gasteiger partial charge in [0.15, 0.2) is 11.9 Å². The van der Waals surface area contributed by atoms with E-state index in [-0.39, 0.29) is 17.3 Å². The lowest BCUT2D eigenvalue weighted by atomic mass is 9.58. The number of aliphatic hydroxyl groups is 2. The number of rotatable bonds is 3. The van der Waals surface area contributed by atoms with Crippen LogP contribution >= 0.6 is 0 Å². The Morgan fingerprint density at radius 1 is 1.25 bits per heavy atom. The standard InChI is InChI=1S/C29H43NO6/c1-15-12-28-16(2)10-20-21(26(20,3)4)19(22(28)31)11-18-14-34-27(5,6)36-24(18)29(28,33)23(15)35-25(32)30(7)13-17-8-9-17/h11-12,16-17,19-24,31,33H,8-10,13-14H2,1-7H3/t16-,19+,20-,21+,22?,23+,24-,28+,29-/m1/s1. The summed E-state index contributed by atoms with van der Waals surface area (Å²) < 4.78 is 18.7. The fourth-order valence-corrected chi connectivity index (χ4v) is 8.56. The van der Waals surface area contributed by atoms with E-state index in [4.69, 9.17) is 14.2 Å². The highest BCUT2D eigenvalue weighted by atomic mass is 16.7. The zero-order valence-electron chi connectivity index (χ0n) is 22.8. The van der Waals surface area contributed by atoms with Crippen molar-refractivity contribution in [1.82, 2.24) is 4.90 Å². The molecule has 1 heterocycles. The third-order valence-corrected chi connectivity index (χ3v) is 10.7. The van der Waals surface area contributed by atoms with Gasteiger partial charge in [0.25, 0.3) is 0 Å². The number of fused-ring (bicyclic) bond motifs is 5. The molecule has 6 rings (SSSR count). The summed E-state index contributed by atoms with van der Waals surface area (Å²) in [6, 6.07) is 0. The second-order valence-corrected chi connectivity index (χ2v) is 13.8. The molecule has 0 aromatic rings. The zero-order chi connectivity index (χ0) is 26.0. The minimum Gasteiger partial charge on any atom is -0.438 e. The number of ether oxygens (including phenoxy) is 3. The van der Waals surface area contributed by atoms with Crippen molar-refractivity contribution in [1.29, 1.82) is 0 Å². The second kappa shape index (κ2) is 7.58. The van der Waals surface area contributed by atoms with E-state index >= 15 is 0 Å². The van der Waals surface area contributed by atoms with Crippen LogP contribution in [0, 0.1) is 40.4 Å². The fraction of sp³-hybridized carbons (Fsp3) is 0.828. The SMILES string of the molecule is CC1=C[C@]23C(O)[C@@H](C=C4COC(C)(C)O[C@H]4[C@]2(O)[C@H]1OC(=O)N(C)CC1CC1)[C@H]1[C@@H](C[C@H]3C)C1(C)C. The molecule has 0 radical (unpaired) electrons. The summed E-state index contributed by atoms with van der Waals surface area (Å²) in [7, 11) is 1.76. The summed E-state index contributed by atoms with van der Waals surface area (Å²) >= 11 is 0. The molecule has 9 atom stereocenters. The molecule has 7 heteroatoms. The van der Waals surface area contributed by atoms with E-state index in [1.54, 1.807) is 11.9 Å². The van der Waals surface area contributed by atoms with Gasteiger partial charge in [-0.2, -0.15) is 0 Å². The van der Waals surface area contributed by atoms with Gasteiger partial charge in [-0.25, -0.2) is 4.79 Å². The molecule has 1 unspecified atom stereocenters. The van der Waals surface area contributed by atoms with Crippen molar-refractivity contribution < 1.29 is 29.2 Å². The quantitative estimate of drug-likeness (QED) is 0.571. The molecular weight excluding hydrogens is 458 g/mol. The van der Waals surface area contributed by atoms with Crippen molar-refractivity contribution in [2.24, 2.45) is 40.4 Å². The number of hydrogen-bond donors (Lipinski definition) is 2. The highest BCUT2D eigenvalue weighted by Gasteiger charge is 2.77. The van der Waals surface area contributed by atoms with Gasteiger partial charge in [0.05, 0.1) is 18.1 Å². The van der Waals surface area contributed by atoms with E-state index in [0.717, 1.165) is 30.4 Å². The number of carbonyl (C=O) groups is 1. The van der Waals surface area contributed by atoms with Crippen LogP contribution in [0.3, 0.4) is 0 Å². The highest BCUT2D eigenvalue weighted by molar-refractivity contribution is 5.68. The van der Waals surface area contributed by atoms with Crippen molar-refractivity contribution in [2.45, 2.75) is 90.5 Å². The lowest BCUT2D eigenvalue weighted by Gasteiger charge is -2.55. The molecule has 1 saturated heterocycles. The van der Waals surface area contributed by atoms with Gasteiger partial charge < -0.3 is 29.3 Å². The number of aliphatic hydroxyl groups excluding tert-OH is 1. The smallest absolute Gasteiger partial charge is 0.410 e. The predicted molar refractivity (Wildman–Crippen MR) is 134 cm³/mol. The Labute approximate surface area is 214 Å². The van der Waals surface area contributed by atoms with E-state index in [1.165, 1.54) is 0 Å². The summed E-state index contributed by atoms with van der Waals surface area (Å²) in [5.41, 5.74) is -0.926. The van der Waals surface area contributed by atoms with E-state index in [9.17, 15) is 15.0 Å². The Morgan fingerprint density at radius 2 is 1.94 bits per heavy atom. The molecule has 5 aliphatic carbocycles. The predicted octanol–water partition coefficient (Wildman–Crippen LogP) is 3.89. The van der Waals surface area contributed by atoms with E-state index < -0.39 is 41.2 Å².